The number of carbonyl (C=O) groups excluding carboxylic acids is 1. The summed E-state index contributed by atoms with van der Waals surface area (Å²) in [4.78, 5) is 13.3. The van der Waals surface area contributed by atoms with Crippen LogP contribution in [0.1, 0.15) is 25.7 Å². The number of halogens is 3. The zero-order valence-corrected chi connectivity index (χ0v) is 10.2. The Morgan fingerprint density at radius 2 is 1.94 bits per heavy atom. The normalized spacial score (nSPS) is 17.1. The van der Waals surface area contributed by atoms with Crippen LogP contribution in [0.25, 0.3) is 0 Å². The number of hydrogen-bond acceptors (Lipinski definition) is 3. The van der Waals surface area contributed by atoms with Crippen molar-refractivity contribution in [1.29, 1.82) is 0 Å². The summed E-state index contributed by atoms with van der Waals surface area (Å²) < 4.78 is 40.0. The molecule has 1 saturated carbocycles. The van der Waals surface area contributed by atoms with Crippen molar-refractivity contribution in [3.63, 3.8) is 0 Å². The molecular weight excluding hydrogens is 249 g/mol. The van der Waals surface area contributed by atoms with Crippen LogP contribution in [-0.2, 0) is 9.53 Å². The van der Waals surface area contributed by atoms with Gasteiger partial charge in [-0.25, -0.2) is 0 Å². The molecule has 0 radical (unpaired) electrons. The van der Waals surface area contributed by atoms with Crippen LogP contribution in [0.3, 0.4) is 0 Å². The highest BCUT2D eigenvalue weighted by Gasteiger charge is 2.30. The van der Waals surface area contributed by atoms with Gasteiger partial charge in [0.05, 0.1) is 0 Å². The van der Waals surface area contributed by atoms with E-state index in [0.717, 1.165) is 25.7 Å². The number of carbonyl (C=O) groups is 1. The average Bonchev–Trinajstić information content (AvgIpc) is 2.77. The fourth-order valence-corrected chi connectivity index (χ4v) is 2.20. The van der Waals surface area contributed by atoms with Crippen LogP contribution in [0.2, 0.25) is 0 Å². The van der Waals surface area contributed by atoms with Gasteiger partial charge < -0.3 is 15.4 Å². The largest absolute Gasteiger partial charge is 0.411 e. The molecule has 2 N–H and O–H groups in total. The molecule has 0 aliphatic heterocycles. The maximum atomic E-state index is 11.9. The minimum atomic E-state index is -4.40. The van der Waals surface area contributed by atoms with E-state index in [1.54, 1.807) is 4.90 Å². The lowest BCUT2D eigenvalue weighted by atomic mass is 10.2. The first-order valence-corrected chi connectivity index (χ1v) is 6.08. The lowest BCUT2D eigenvalue weighted by Gasteiger charge is -2.28. The van der Waals surface area contributed by atoms with Crippen molar-refractivity contribution in [2.45, 2.75) is 37.9 Å². The number of nitrogens with zero attached hydrogens (tertiary/aromatic N) is 1. The molecule has 106 valence electrons. The van der Waals surface area contributed by atoms with E-state index in [0.29, 0.717) is 13.1 Å². The van der Waals surface area contributed by atoms with Gasteiger partial charge in [0.1, 0.15) is 13.2 Å². The second-order valence-corrected chi connectivity index (χ2v) is 4.42. The third-order valence-corrected chi connectivity index (χ3v) is 2.95. The molecule has 0 unspecified atom stereocenters. The van der Waals surface area contributed by atoms with Crippen LogP contribution in [-0.4, -0.2) is 49.3 Å². The van der Waals surface area contributed by atoms with E-state index < -0.39 is 25.3 Å². The Bertz CT molecular complexity index is 266. The lowest BCUT2D eigenvalue weighted by Crippen LogP contribution is -2.44. The molecule has 1 aliphatic carbocycles. The van der Waals surface area contributed by atoms with Crippen LogP contribution < -0.4 is 5.73 Å². The monoisotopic (exact) mass is 268 g/mol. The fourth-order valence-electron chi connectivity index (χ4n) is 2.20. The minimum absolute atomic E-state index is 0.107. The van der Waals surface area contributed by atoms with Gasteiger partial charge in [-0.15, -0.1) is 0 Å². The summed E-state index contributed by atoms with van der Waals surface area (Å²) in [5, 5.41) is 0. The van der Waals surface area contributed by atoms with E-state index >= 15 is 0 Å². The summed E-state index contributed by atoms with van der Waals surface area (Å²) in [6.07, 6.45) is -0.521. The van der Waals surface area contributed by atoms with Gasteiger partial charge >= 0.3 is 6.18 Å². The van der Waals surface area contributed by atoms with E-state index in [9.17, 15) is 18.0 Å². The number of amides is 1. The molecule has 0 bridgehead atoms. The molecule has 1 aliphatic rings. The molecule has 4 nitrogen and oxygen atoms in total. The van der Waals surface area contributed by atoms with Crippen molar-refractivity contribution in [3.8, 4) is 0 Å². The Kier molecular flexibility index (Phi) is 5.87. The molecule has 18 heavy (non-hydrogen) atoms. The Morgan fingerprint density at radius 3 is 2.44 bits per heavy atom. The third-order valence-electron chi connectivity index (χ3n) is 2.95. The number of hydrogen-bond donors (Lipinski definition) is 1. The first-order valence-electron chi connectivity index (χ1n) is 6.08. The first-order chi connectivity index (χ1) is 8.44. The summed E-state index contributed by atoms with van der Waals surface area (Å²) in [6, 6.07) is 0.107. The van der Waals surface area contributed by atoms with Gasteiger partial charge in [-0.1, -0.05) is 12.8 Å². The van der Waals surface area contributed by atoms with E-state index in [1.165, 1.54) is 0 Å². The number of alkyl halides is 3. The summed E-state index contributed by atoms with van der Waals surface area (Å²) >= 11 is 0. The summed E-state index contributed by atoms with van der Waals surface area (Å²) in [6.45, 7) is -1.24. The van der Waals surface area contributed by atoms with E-state index in [4.69, 9.17) is 5.73 Å². The summed E-state index contributed by atoms with van der Waals surface area (Å²) in [7, 11) is 0. The van der Waals surface area contributed by atoms with Crippen molar-refractivity contribution >= 4 is 5.91 Å². The van der Waals surface area contributed by atoms with E-state index in [2.05, 4.69) is 4.74 Å². The maximum absolute atomic E-state index is 11.9. The van der Waals surface area contributed by atoms with Crippen molar-refractivity contribution < 1.29 is 22.7 Å². The average molecular weight is 268 g/mol. The predicted octanol–water partition coefficient (Wildman–Crippen LogP) is 1.30. The molecule has 0 spiro atoms. The smallest absolute Gasteiger partial charge is 0.362 e. The van der Waals surface area contributed by atoms with Crippen molar-refractivity contribution in [1.82, 2.24) is 4.90 Å². The molecular formula is C11H19F3N2O2. The highest BCUT2D eigenvalue weighted by atomic mass is 19.4. The van der Waals surface area contributed by atoms with Crippen LogP contribution in [0, 0.1) is 0 Å². The molecule has 0 atom stereocenters. The molecule has 7 heteroatoms. The van der Waals surface area contributed by atoms with Gasteiger partial charge in [-0.2, -0.15) is 13.2 Å². The van der Waals surface area contributed by atoms with Crippen LogP contribution in [0.4, 0.5) is 13.2 Å². The highest BCUT2D eigenvalue weighted by molar-refractivity contribution is 5.77. The Balaban J connectivity index is 2.39. The Hall–Kier alpha value is -0.820. The molecule has 0 aromatic rings. The third kappa shape index (κ3) is 5.22. The minimum Gasteiger partial charge on any atom is -0.362 e. The van der Waals surface area contributed by atoms with Crippen molar-refractivity contribution in [2.24, 2.45) is 5.73 Å². The molecule has 0 aromatic heterocycles. The predicted molar refractivity (Wildman–Crippen MR) is 59.9 cm³/mol. The standard InChI is InChI=1S/C11H19F3N2O2/c12-11(13,14)8-18-7-10(17)16(6-5-15)9-3-1-2-4-9/h9H,1-8,15H2. The Labute approximate surface area is 104 Å². The molecule has 1 fully saturated rings. The SMILES string of the molecule is NCCN(C(=O)COCC(F)(F)F)C1CCCC1. The number of ether oxygens (including phenoxy) is 1. The zero-order valence-electron chi connectivity index (χ0n) is 10.2. The number of nitrogens with two attached hydrogens (primary N) is 1. The molecule has 1 rings (SSSR count). The Morgan fingerprint density at radius 1 is 1.33 bits per heavy atom. The second-order valence-electron chi connectivity index (χ2n) is 4.42. The van der Waals surface area contributed by atoms with Crippen LogP contribution >= 0.6 is 0 Å². The summed E-state index contributed by atoms with van der Waals surface area (Å²) in [5.41, 5.74) is 5.42. The quantitative estimate of drug-likeness (QED) is 0.790. The molecule has 0 heterocycles. The van der Waals surface area contributed by atoms with E-state index in [-0.39, 0.29) is 6.04 Å². The molecule has 0 aromatic carbocycles. The van der Waals surface area contributed by atoms with Gasteiger partial charge in [-0.05, 0) is 12.8 Å². The van der Waals surface area contributed by atoms with Gasteiger partial charge in [0, 0.05) is 19.1 Å². The molecule has 0 saturated heterocycles. The van der Waals surface area contributed by atoms with Crippen LogP contribution in [0.5, 0.6) is 0 Å². The fraction of sp³-hybridized carbons (Fsp3) is 0.909. The lowest BCUT2D eigenvalue weighted by molar-refractivity contribution is -0.178. The maximum Gasteiger partial charge on any atom is 0.411 e. The van der Waals surface area contributed by atoms with Gasteiger partial charge in [-0.3, -0.25) is 4.79 Å². The topological polar surface area (TPSA) is 55.6 Å². The van der Waals surface area contributed by atoms with Crippen molar-refractivity contribution in [2.75, 3.05) is 26.3 Å². The first kappa shape index (κ1) is 15.2. The summed E-state index contributed by atoms with van der Waals surface area (Å²) in [5.74, 6) is -0.406. The van der Waals surface area contributed by atoms with Gasteiger partial charge in [0.25, 0.3) is 0 Å². The number of rotatable bonds is 6. The molecule has 1 amide bonds. The van der Waals surface area contributed by atoms with Gasteiger partial charge in [0.2, 0.25) is 5.91 Å². The highest BCUT2D eigenvalue weighted by Crippen LogP contribution is 2.23. The van der Waals surface area contributed by atoms with Crippen LogP contribution in [0.15, 0.2) is 0 Å². The van der Waals surface area contributed by atoms with E-state index in [1.807, 2.05) is 0 Å². The second kappa shape index (κ2) is 6.94. The van der Waals surface area contributed by atoms with Crippen molar-refractivity contribution in [3.05, 3.63) is 0 Å². The zero-order chi connectivity index (χ0) is 13.6. The van der Waals surface area contributed by atoms with Gasteiger partial charge in [0.15, 0.2) is 0 Å².